The Hall–Kier alpha value is -3.29. The quantitative estimate of drug-likeness (QED) is 0.595. The van der Waals surface area contributed by atoms with Crippen LogP contribution in [0.1, 0.15) is 50.5 Å². The van der Waals surface area contributed by atoms with E-state index in [0.29, 0.717) is 24.6 Å². The second kappa shape index (κ2) is 8.89. The van der Waals surface area contributed by atoms with Crippen LogP contribution in [0.4, 0.5) is 10.1 Å². The molecule has 3 amide bonds. The van der Waals surface area contributed by atoms with Crippen LogP contribution in [0, 0.1) is 23.7 Å². The second-order valence-electron chi connectivity index (χ2n) is 11.9. The maximum absolute atomic E-state index is 15.7. The van der Waals surface area contributed by atoms with E-state index in [-0.39, 0.29) is 35.5 Å². The SMILES string of the molecule is O=C(Nc1cccc(C2=CC(F)C(C3=NC4(CC4)C(=O)N3C[C@@H]3CCN(C(=O)C4CC4)C3)C=C2)c1)C1CC1. The van der Waals surface area contributed by atoms with E-state index in [1.165, 1.54) is 0 Å². The Morgan fingerprint density at radius 1 is 1.11 bits per heavy atom. The number of carbonyl (C=O) groups is 3. The molecule has 4 fully saturated rings. The summed E-state index contributed by atoms with van der Waals surface area (Å²) in [5.74, 6) is 0.696. The van der Waals surface area contributed by atoms with Gasteiger partial charge < -0.3 is 10.2 Å². The zero-order chi connectivity index (χ0) is 26.0. The number of amides is 3. The van der Waals surface area contributed by atoms with Crippen molar-refractivity contribution in [2.75, 3.05) is 25.0 Å². The molecule has 2 unspecified atom stereocenters. The van der Waals surface area contributed by atoms with Crippen molar-refractivity contribution in [3.63, 3.8) is 0 Å². The van der Waals surface area contributed by atoms with Crippen LogP contribution < -0.4 is 5.32 Å². The molecule has 1 spiro atoms. The standard InChI is InChI=1S/C30H33FN4O3/c31-25-15-22(21-2-1-3-23(14-21)32-27(36)19-4-5-19)8-9-24(25)26-33-30(11-12-30)29(38)35(26)17-18-10-13-34(16-18)28(37)20-6-7-20/h1-3,8-9,14-15,18-20,24-25H,4-7,10-13,16-17H2,(H,32,36)/t18-,24?,25?/m1/s1. The van der Waals surface area contributed by atoms with Gasteiger partial charge in [0.2, 0.25) is 11.8 Å². The highest BCUT2D eigenvalue weighted by atomic mass is 19.1. The number of halogens is 1. The van der Waals surface area contributed by atoms with Crippen molar-refractivity contribution in [2.45, 2.75) is 56.7 Å². The number of allylic oxidation sites excluding steroid dienone is 3. The van der Waals surface area contributed by atoms with Crippen LogP contribution in [-0.4, -0.2) is 64.7 Å². The van der Waals surface area contributed by atoms with Gasteiger partial charge >= 0.3 is 0 Å². The van der Waals surface area contributed by atoms with Crippen LogP contribution in [0.2, 0.25) is 0 Å². The first-order valence-electron chi connectivity index (χ1n) is 14.1. The van der Waals surface area contributed by atoms with E-state index in [1.54, 1.807) is 11.0 Å². The number of anilines is 1. The number of nitrogens with zero attached hydrogens (tertiary/aromatic N) is 3. The average molecular weight is 517 g/mol. The molecule has 0 radical (unpaired) electrons. The minimum Gasteiger partial charge on any atom is -0.342 e. The van der Waals surface area contributed by atoms with Gasteiger partial charge in [-0.05, 0) is 80.2 Å². The molecule has 7 nitrogen and oxygen atoms in total. The lowest BCUT2D eigenvalue weighted by molar-refractivity contribution is -0.131. The van der Waals surface area contributed by atoms with Crippen LogP contribution in [-0.2, 0) is 14.4 Å². The molecule has 7 rings (SSSR count). The fourth-order valence-electron chi connectivity index (χ4n) is 6.02. The lowest BCUT2D eigenvalue weighted by atomic mass is 9.90. The maximum atomic E-state index is 15.7. The predicted octanol–water partition coefficient (Wildman–Crippen LogP) is 3.97. The van der Waals surface area contributed by atoms with Crippen molar-refractivity contribution in [3.8, 4) is 0 Å². The molecule has 2 aliphatic heterocycles. The summed E-state index contributed by atoms with van der Waals surface area (Å²) in [6.07, 6.45) is 10.2. The number of carbonyl (C=O) groups excluding carboxylic acids is 3. The molecule has 2 heterocycles. The number of hydrogen-bond donors (Lipinski definition) is 1. The van der Waals surface area contributed by atoms with Gasteiger partial charge in [-0.25, -0.2) is 4.39 Å². The second-order valence-corrected chi connectivity index (χ2v) is 11.9. The summed E-state index contributed by atoms with van der Waals surface area (Å²) >= 11 is 0. The van der Waals surface area contributed by atoms with Crippen LogP contribution in [0.5, 0.6) is 0 Å². The third-order valence-electron chi connectivity index (χ3n) is 8.81. The van der Waals surface area contributed by atoms with Crippen LogP contribution in [0.3, 0.4) is 0 Å². The van der Waals surface area contributed by atoms with E-state index in [1.807, 2.05) is 41.3 Å². The number of likely N-dealkylation sites (tertiary alicyclic amines) is 1. The zero-order valence-electron chi connectivity index (χ0n) is 21.4. The Labute approximate surface area is 221 Å². The molecular formula is C30H33FN4O3. The van der Waals surface area contributed by atoms with Gasteiger partial charge in [-0.3, -0.25) is 24.3 Å². The molecule has 6 aliphatic rings. The molecule has 3 saturated carbocycles. The van der Waals surface area contributed by atoms with Crippen LogP contribution in [0.25, 0.3) is 5.57 Å². The first kappa shape index (κ1) is 23.8. The Bertz CT molecular complexity index is 1290. The van der Waals surface area contributed by atoms with E-state index < -0.39 is 17.6 Å². The van der Waals surface area contributed by atoms with Crippen molar-refractivity contribution >= 4 is 34.8 Å². The third-order valence-corrected chi connectivity index (χ3v) is 8.81. The molecule has 198 valence electrons. The van der Waals surface area contributed by atoms with E-state index in [4.69, 9.17) is 4.99 Å². The fraction of sp³-hybridized carbons (Fsp3) is 0.533. The molecule has 1 N–H and O–H groups in total. The van der Waals surface area contributed by atoms with E-state index in [2.05, 4.69) is 5.32 Å². The summed E-state index contributed by atoms with van der Waals surface area (Å²) in [7, 11) is 0. The van der Waals surface area contributed by atoms with E-state index in [0.717, 1.165) is 62.6 Å². The molecular weight excluding hydrogens is 483 g/mol. The van der Waals surface area contributed by atoms with Gasteiger partial charge in [-0.15, -0.1) is 0 Å². The molecule has 1 aromatic carbocycles. The van der Waals surface area contributed by atoms with Crippen molar-refractivity contribution < 1.29 is 18.8 Å². The van der Waals surface area contributed by atoms with Crippen LogP contribution >= 0.6 is 0 Å². The predicted molar refractivity (Wildman–Crippen MR) is 142 cm³/mol. The van der Waals surface area contributed by atoms with Gasteiger partial charge in [0.05, 0.1) is 5.92 Å². The van der Waals surface area contributed by atoms with Gasteiger partial charge in [0, 0.05) is 37.2 Å². The van der Waals surface area contributed by atoms with Gasteiger partial charge in [0.1, 0.15) is 17.5 Å². The number of amidine groups is 1. The Morgan fingerprint density at radius 3 is 2.61 bits per heavy atom. The highest BCUT2D eigenvalue weighted by Crippen LogP contribution is 2.47. The molecule has 4 aliphatic carbocycles. The summed E-state index contributed by atoms with van der Waals surface area (Å²) in [5, 5.41) is 2.96. The lowest BCUT2D eigenvalue weighted by Crippen LogP contribution is -2.44. The Balaban J connectivity index is 1.06. The molecule has 3 atom stereocenters. The Kier molecular flexibility index (Phi) is 5.57. The normalized spacial score (nSPS) is 29.5. The Morgan fingerprint density at radius 2 is 1.89 bits per heavy atom. The number of hydrogen-bond acceptors (Lipinski definition) is 4. The minimum atomic E-state index is -1.32. The van der Waals surface area contributed by atoms with Crippen molar-refractivity contribution in [1.82, 2.24) is 9.80 Å². The van der Waals surface area contributed by atoms with Gasteiger partial charge in [0.25, 0.3) is 5.91 Å². The smallest absolute Gasteiger partial charge is 0.255 e. The number of nitrogens with one attached hydrogen (secondary N) is 1. The summed E-state index contributed by atoms with van der Waals surface area (Å²) in [6.45, 7) is 1.89. The molecule has 1 saturated heterocycles. The van der Waals surface area contributed by atoms with Crippen molar-refractivity contribution in [1.29, 1.82) is 0 Å². The largest absolute Gasteiger partial charge is 0.342 e. The minimum absolute atomic E-state index is 0.00560. The first-order valence-corrected chi connectivity index (χ1v) is 14.1. The molecule has 38 heavy (non-hydrogen) atoms. The zero-order valence-corrected chi connectivity index (χ0v) is 21.4. The highest BCUT2D eigenvalue weighted by molar-refractivity contribution is 6.11. The third kappa shape index (κ3) is 4.37. The molecule has 0 aromatic heterocycles. The van der Waals surface area contributed by atoms with Gasteiger partial charge in [-0.2, -0.15) is 0 Å². The van der Waals surface area contributed by atoms with Gasteiger partial charge in [-0.1, -0.05) is 24.3 Å². The topological polar surface area (TPSA) is 82.1 Å². The first-order chi connectivity index (χ1) is 18.4. The summed E-state index contributed by atoms with van der Waals surface area (Å²) in [5.41, 5.74) is 1.61. The van der Waals surface area contributed by atoms with Crippen molar-refractivity contribution in [3.05, 3.63) is 48.1 Å². The number of aliphatic imine (C=N–C) groups is 1. The fourth-order valence-corrected chi connectivity index (χ4v) is 6.02. The molecule has 8 heteroatoms. The summed E-state index contributed by atoms with van der Waals surface area (Å²) in [4.78, 5) is 46.5. The highest BCUT2D eigenvalue weighted by Gasteiger charge is 2.58. The lowest BCUT2D eigenvalue weighted by Gasteiger charge is -2.29. The maximum Gasteiger partial charge on any atom is 0.255 e. The van der Waals surface area contributed by atoms with Crippen LogP contribution in [0.15, 0.2) is 47.5 Å². The van der Waals surface area contributed by atoms with Crippen molar-refractivity contribution in [2.24, 2.45) is 28.7 Å². The number of rotatable bonds is 7. The van der Waals surface area contributed by atoms with Gasteiger partial charge in [0.15, 0.2) is 0 Å². The number of benzene rings is 1. The summed E-state index contributed by atoms with van der Waals surface area (Å²) < 4.78 is 15.7. The molecule has 0 bridgehead atoms. The monoisotopic (exact) mass is 516 g/mol. The van der Waals surface area contributed by atoms with E-state index >= 15 is 4.39 Å². The molecule has 1 aromatic rings. The summed E-state index contributed by atoms with van der Waals surface area (Å²) in [6, 6.07) is 7.50. The average Bonchev–Trinajstić information content (AvgIpc) is 3.79. The van der Waals surface area contributed by atoms with E-state index in [9.17, 15) is 14.4 Å². The number of alkyl halides is 1.